The predicted molar refractivity (Wildman–Crippen MR) is 133 cm³/mol. The van der Waals surface area contributed by atoms with Gasteiger partial charge in [0.1, 0.15) is 0 Å². The Balaban J connectivity index is 1.78. The van der Waals surface area contributed by atoms with Crippen molar-refractivity contribution in [1.29, 1.82) is 0 Å². The zero-order valence-corrected chi connectivity index (χ0v) is 17.3. The first kappa shape index (κ1) is 17.9. The van der Waals surface area contributed by atoms with Gasteiger partial charge in [0, 0.05) is 0 Å². The highest BCUT2D eigenvalue weighted by Gasteiger charge is 2.30. The van der Waals surface area contributed by atoms with E-state index in [1.165, 1.54) is 55.6 Å². The number of hydrogen-bond donors (Lipinski definition) is 0. The van der Waals surface area contributed by atoms with Crippen LogP contribution in [0.25, 0.3) is 44.5 Å². The van der Waals surface area contributed by atoms with Crippen LogP contribution in [-0.4, -0.2) is 0 Å². The van der Waals surface area contributed by atoms with Crippen LogP contribution >= 0.6 is 0 Å². The van der Waals surface area contributed by atoms with Gasteiger partial charge < -0.3 is 0 Å². The minimum absolute atomic E-state index is 0.953. The van der Waals surface area contributed by atoms with Gasteiger partial charge in [0.05, 0.1) is 0 Å². The summed E-state index contributed by atoms with van der Waals surface area (Å²) in [4.78, 5) is 0. The fourth-order valence-electron chi connectivity index (χ4n) is 5.03. The van der Waals surface area contributed by atoms with E-state index >= 15 is 0 Å². The van der Waals surface area contributed by atoms with E-state index in [1.54, 1.807) is 0 Å². The number of fused-ring (bicyclic) bond motifs is 3. The van der Waals surface area contributed by atoms with E-state index in [0.29, 0.717) is 0 Å². The third kappa shape index (κ3) is 2.76. The molecule has 2 aliphatic rings. The number of rotatable bonds is 3. The van der Waals surface area contributed by atoms with E-state index in [-0.39, 0.29) is 0 Å². The molecule has 0 saturated heterocycles. The molecule has 0 saturated carbocycles. The molecule has 0 fully saturated rings. The summed E-state index contributed by atoms with van der Waals surface area (Å²) in [6.45, 7) is 4.56. The molecule has 4 aromatic rings. The van der Waals surface area contributed by atoms with Gasteiger partial charge in [-0.1, -0.05) is 110 Å². The topological polar surface area (TPSA) is 0 Å². The largest absolute Gasteiger partial charge is 0.0905 e. The van der Waals surface area contributed by atoms with Crippen molar-refractivity contribution in [1.82, 2.24) is 0 Å². The Morgan fingerprint density at radius 1 is 0.548 bits per heavy atom. The van der Waals surface area contributed by atoms with Crippen molar-refractivity contribution in [3.8, 4) is 33.4 Å². The molecular formula is C31H22. The predicted octanol–water partition coefficient (Wildman–Crippen LogP) is 8.41. The quantitative estimate of drug-likeness (QED) is 0.288. The third-order valence-electron chi connectivity index (χ3n) is 6.41. The van der Waals surface area contributed by atoms with Gasteiger partial charge in [-0.3, -0.25) is 0 Å². The van der Waals surface area contributed by atoms with Crippen LogP contribution < -0.4 is 0 Å². The minimum atomic E-state index is 0.953. The van der Waals surface area contributed by atoms with Gasteiger partial charge in [-0.15, -0.1) is 0 Å². The first-order valence-corrected chi connectivity index (χ1v) is 10.8. The Morgan fingerprint density at radius 3 is 1.87 bits per heavy atom. The highest BCUT2D eigenvalue weighted by Crippen LogP contribution is 2.53. The summed E-state index contributed by atoms with van der Waals surface area (Å²) in [5, 5.41) is 0. The first-order valence-electron chi connectivity index (χ1n) is 10.8. The molecule has 0 bridgehead atoms. The molecule has 0 radical (unpaired) electrons. The fourth-order valence-corrected chi connectivity index (χ4v) is 5.03. The van der Waals surface area contributed by atoms with Crippen LogP contribution in [0.4, 0.5) is 0 Å². The molecule has 0 aromatic heterocycles. The molecule has 31 heavy (non-hydrogen) atoms. The number of allylic oxidation sites excluding steroid dienone is 4. The Hall–Kier alpha value is -3.90. The second-order valence-electron chi connectivity index (χ2n) is 8.18. The van der Waals surface area contributed by atoms with E-state index in [9.17, 15) is 0 Å². The summed E-state index contributed by atoms with van der Waals surface area (Å²) >= 11 is 0. The van der Waals surface area contributed by atoms with Gasteiger partial charge in [0.25, 0.3) is 0 Å². The molecule has 2 aliphatic carbocycles. The van der Waals surface area contributed by atoms with Crippen molar-refractivity contribution in [2.45, 2.75) is 6.42 Å². The standard InChI is InChI=1S/C31H22/c1-21-25-18-10-11-19-26(25)28-20-27(22-12-4-2-5-13-22)30(23-14-6-3-7-15-23)31(29(21)28)24-16-8-9-17-24/h2-16,18-20H,1,17H2. The van der Waals surface area contributed by atoms with Gasteiger partial charge in [-0.2, -0.15) is 0 Å². The van der Waals surface area contributed by atoms with E-state index < -0.39 is 0 Å². The smallest absolute Gasteiger partial charge is 0.00228 e. The van der Waals surface area contributed by atoms with Crippen LogP contribution in [0.2, 0.25) is 0 Å². The van der Waals surface area contributed by atoms with Crippen LogP contribution in [0.1, 0.15) is 23.1 Å². The lowest BCUT2D eigenvalue weighted by atomic mass is 9.81. The van der Waals surface area contributed by atoms with E-state index in [2.05, 4.69) is 116 Å². The summed E-state index contributed by atoms with van der Waals surface area (Å²) in [6.07, 6.45) is 7.65. The maximum atomic E-state index is 4.56. The van der Waals surface area contributed by atoms with Crippen LogP contribution in [0.3, 0.4) is 0 Å². The van der Waals surface area contributed by atoms with E-state index in [4.69, 9.17) is 0 Å². The van der Waals surface area contributed by atoms with Crippen molar-refractivity contribution in [2.24, 2.45) is 0 Å². The molecule has 0 unspecified atom stereocenters. The molecule has 6 rings (SSSR count). The first-order chi connectivity index (χ1) is 15.3. The third-order valence-corrected chi connectivity index (χ3v) is 6.41. The van der Waals surface area contributed by atoms with Gasteiger partial charge in [-0.05, 0) is 73.7 Å². The summed E-state index contributed by atoms with van der Waals surface area (Å²) in [7, 11) is 0. The molecule has 0 nitrogen and oxygen atoms in total. The number of benzene rings is 4. The average Bonchev–Trinajstić information content (AvgIpc) is 3.47. The SMILES string of the molecule is C=C1c2ccccc2-c2cc(-c3ccccc3)c(-c3ccccc3)c(C3=CC=CC3)c21. The average molecular weight is 395 g/mol. The van der Waals surface area contributed by atoms with Gasteiger partial charge in [0.15, 0.2) is 0 Å². The molecule has 4 aromatic carbocycles. The van der Waals surface area contributed by atoms with Crippen LogP contribution in [0.15, 0.2) is 116 Å². The normalized spacial score (nSPS) is 13.8. The van der Waals surface area contributed by atoms with Crippen LogP contribution in [-0.2, 0) is 0 Å². The second kappa shape index (κ2) is 7.11. The minimum Gasteiger partial charge on any atom is -0.0905 e. The summed E-state index contributed by atoms with van der Waals surface area (Å²) < 4.78 is 0. The summed E-state index contributed by atoms with van der Waals surface area (Å²) in [6, 6.07) is 32.6. The lowest BCUT2D eigenvalue weighted by molar-refractivity contribution is 1.41. The fraction of sp³-hybridized carbons (Fsp3) is 0.0323. The van der Waals surface area contributed by atoms with Gasteiger partial charge in [0.2, 0.25) is 0 Å². The Kier molecular flexibility index (Phi) is 4.11. The Morgan fingerprint density at radius 2 is 1.19 bits per heavy atom. The lowest BCUT2D eigenvalue weighted by Gasteiger charge is -2.22. The Bertz CT molecular complexity index is 1380. The summed E-state index contributed by atoms with van der Waals surface area (Å²) in [5.74, 6) is 0. The molecular weight excluding hydrogens is 372 g/mol. The molecule has 0 N–H and O–H groups in total. The van der Waals surface area contributed by atoms with Gasteiger partial charge in [-0.25, -0.2) is 0 Å². The lowest BCUT2D eigenvalue weighted by Crippen LogP contribution is -1.99. The van der Waals surface area contributed by atoms with E-state index in [0.717, 1.165) is 12.0 Å². The Labute approximate surface area is 183 Å². The molecule has 146 valence electrons. The maximum Gasteiger partial charge on any atom is -0.00228 e. The van der Waals surface area contributed by atoms with Crippen LogP contribution in [0, 0.1) is 0 Å². The molecule has 0 aliphatic heterocycles. The second-order valence-corrected chi connectivity index (χ2v) is 8.18. The summed E-state index contributed by atoms with van der Waals surface area (Å²) in [5.41, 5.74) is 14.0. The zero-order chi connectivity index (χ0) is 20.8. The van der Waals surface area contributed by atoms with Crippen molar-refractivity contribution in [3.05, 3.63) is 132 Å². The highest BCUT2D eigenvalue weighted by atomic mass is 14.3. The zero-order valence-electron chi connectivity index (χ0n) is 17.3. The molecule has 0 heterocycles. The van der Waals surface area contributed by atoms with Crippen LogP contribution in [0.5, 0.6) is 0 Å². The molecule has 0 amide bonds. The molecule has 0 atom stereocenters. The van der Waals surface area contributed by atoms with Gasteiger partial charge >= 0.3 is 0 Å². The van der Waals surface area contributed by atoms with Crippen molar-refractivity contribution in [2.75, 3.05) is 0 Å². The van der Waals surface area contributed by atoms with E-state index in [1.807, 2.05) is 0 Å². The monoisotopic (exact) mass is 394 g/mol. The highest BCUT2D eigenvalue weighted by molar-refractivity contribution is 6.10. The van der Waals surface area contributed by atoms with Crippen molar-refractivity contribution >= 4 is 11.1 Å². The van der Waals surface area contributed by atoms with Crippen molar-refractivity contribution in [3.63, 3.8) is 0 Å². The molecule has 0 heteroatoms. The maximum absolute atomic E-state index is 4.56. The number of hydrogen-bond acceptors (Lipinski definition) is 0. The molecule has 0 spiro atoms. The van der Waals surface area contributed by atoms with Crippen molar-refractivity contribution < 1.29 is 0 Å².